The molecule has 2 heterocycles. The normalized spacial score (nSPS) is 18.1. The summed E-state index contributed by atoms with van der Waals surface area (Å²) in [6.07, 6.45) is 5.00. The van der Waals surface area contributed by atoms with Crippen molar-refractivity contribution in [3.05, 3.63) is 65.0 Å². The van der Waals surface area contributed by atoms with Crippen molar-refractivity contribution in [3.8, 4) is 5.69 Å². The summed E-state index contributed by atoms with van der Waals surface area (Å²) < 4.78 is 15.1. The fraction of sp³-hybridized carbons (Fsp3) is 0.350. The Balaban J connectivity index is 1.69. The van der Waals surface area contributed by atoms with Crippen LogP contribution in [0.1, 0.15) is 53.6 Å². The van der Waals surface area contributed by atoms with Crippen molar-refractivity contribution in [1.29, 1.82) is 0 Å². The summed E-state index contributed by atoms with van der Waals surface area (Å²) >= 11 is 0. The molecule has 0 fully saturated rings. The molecule has 3 aromatic rings. The number of H-pyrrole nitrogens is 1. The minimum atomic E-state index is -0.277. The average Bonchev–Trinajstić information content (AvgIpc) is 3.21. The van der Waals surface area contributed by atoms with Gasteiger partial charge >= 0.3 is 0 Å². The molecule has 2 aromatic heterocycles. The predicted octanol–water partition coefficient (Wildman–Crippen LogP) is 3.49. The van der Waals surface area contributed by atoms with Crippen LogP contribution in [0, 0.1) is 18.2 Å². The van der Waals surface area contributed by atoms with Crippen molar-refractivity contribution < 1.29 is 9.18 Å². The summed E-state index contributed by atoms with van der Waals surface area (Å²) in [7, 11) is 0. The van der Waals surface area contributed by atoms with E-state index in [9.17, 15) is 9.18 Å². The fourth-order valence-electron chi connectivity index (χ4n) is 3.79. The van der Waals surface area contributed by atoms with Gasteiger partial charge in [0.25, 0.3) is 5.91 Å². The van der Waals surface area contributed by atoms with Crippen molar-refractivity contribution >= 4 is 5.91 Å². The third-order valence-electron chi connectivity index (χ3n) is 5.13. The third kappa shape index (κ3) is 3.25. The van der Waals surface area contributed by atoms with Crippen LogP contribution in [-0.4, -0.2) is 25.9 Å². The van der Waals surface area contributed by atoms with Crippen LogP contribution in [0.5, 0.6) is 0 Å². The largest absolute Gasteiger partial charge is 0.345 e. The van der Waals surface area contributed by atoms with E-state index in [4.69, 9.17) is 0 Å². The number of carbonyl (C=O) groups is 1. The van der Waals surface area contributed by atoms with Crippen LogP contribution >= 0.6 is 0 Å². The molecular weight excluding hydrogens is 345 g/mol. The van der Waals surface area contributed by atoms with Crippen LogP contribution in [-0.2, 0) is 6.42 Å². The molecule has 1 aromatic carbocycles. The smallest absolute Gasteiger partial charge is 0.255 e. The van der Waals surface area contributed by atoms with Gasteiger partial charge in [0.2, 0.25) is 0 Å². The molecule has 140 valence electrons. The Kier molecular flexibility index (Phi) is 4.09. The van der Waals surface area contributed by atoms with Crippen molar-refractivity contribution in [2.45, 2.75) is 39.7 Å². The van der Waals surface area contributed by atoms with E-state index in [1.54, 1.807) is 24.5 Å². The number of aromatic amines is 1. The molecule has 0 radical (unpaired) electrons. The zero-order chi connectivity index (χ0) is 19.2. The third-order valence-corrected chi connectivity index (χ3v) is 5.13. The first kappa shape index (κ1) is 17.5. The van der Waals surface area contributed by atoms with Gasteiger partial charge in [0.15, 0.2) is 0 Å². The minimum absolute atomic E-state index is 0.00575. The Hall–Kier alpha value is -2.96. The first-order chi connectivity index (χ1) is 12.8. The molecule has 1 aliphatic carbocycles. The molecule has 2 N–H and O–H groups in total. The summed E-state index contributed by atoms with van der Waals surface area (Å²) in [5.41, 5.74) is 4.15. The molecule has 6 nitrogen and oxygen atoms in total. The monoisotopic (exact) mass is 367 g/mol. The molecule has 1 aliphatic rings. The lowest BCUT2D eigenvalue weighted by Crippen LogP contribution is -2.36. The molecule has 1 atom stereocenters. The van der Waals surface area contributed by atoms with Crippen LogP contribution in [0.4, 0.5) is 4.39 Å². The number of aromatic nitrogens is 4. The standard InChI is InChI=1S/C20H22FN5O/c1-12-15(10-22-25-12)19(27)24-17-8-20(2,3)9-18-16(17)11-23-26(18)14-6-4-13(21)5-7-14/h4-7,10-11,17H,8-9H2,1-3H3,(H,22,25)(H,24,27)/t17-/m0/s1. The van der Waals surface area contributed by atoms with E-state index in [0.29, 0.717) is 5.56 Å². The van der Waals surface area contributed by atoms with Crippen LogP contribution in [0.3, 0.4) is 0 Å². The summed E-state index contributed by atoms with van der Waals surface area (Å²) in [5, 5.41) is 14.4. The highest BCUT2D eigenvalue weighted by atomic mass is 19.1. The Bertz CT molecular complexity index is 986. The number of nitrogens with one attached hydrogen (secondary N) is 2. The lowest BCUT2D eigenvalue weighted by molar-refractivity contribution is 0.0918. The number of aryl methyl sites for hydroxylation is 1. The molecule has 0 aliphatic heterocycles. The van der Waals surface area contributed by atoms with Gasteiger partial charge in [-0.3, -0.25) is 9.89 Å². The molecule has 0 unspecified atom stereocenters. The molecule has 0 saturated heterocycles. The van der Waals surface area contributed by atoms with Crippen molar-refractivity contribution in [1.82, 2.24) is 25.3 Å². The average molecular weight is 367 g/mol. The van der Waals surface area contributed by atoms with Gasteiger partial charge in [0.05, 0.1) is 35.4 Å². The lowest BCUT2D eigenvalue weighted by Gasteiger charge is -2.36. The molecule has 0 bridgehead atoms. The van der Waals surface area contributed by atoms with Crippen LogP contribution in [0.15, 0.2) is 36.7 Å². The first-order valence-corrected chi connectivity index (χ1v) is 8.98. The number of amides is 1. The number of nitrogens with zero attached hydrogens (tertiary/aromatic N) is 3. The maximum atomic E-state index is 13.3. The van der Waals surface area contributed by atoms with E-state index in [2.05, 4.69) is 34.5 Å². The highest BCUT2D eigenvalue weighted by Crippen LogP contribution is 2.41. The SMILES string of the molecule is Cc1[nH]ncc1C(=O)N[C@H]1CC(C)(C)Cc2c1cnn2-c1ccc(F)cc1. The highest BCUT2D eigenvalue weighted by molar-refractivity contribution is 5.95. The quantitative estimate of drug-likeness (QED) is 0.744. The topological polar surface area (TPSA) is 75.6 Å². The van der Waals surface area contributed by atoms with E-state index in [0.717, 1.165) is 35.5 Å². The van der Waals surface area contributed by atoms with Crippen LogP contribution in [0.25, 0.3) is 5.69 Å². The van der Waals surface area contributed by atoms with Gasteiger partial charge in [0.1, 0.15) is 5.82 Å². The van der Waals surface area contributed by atoms with Gasteiger partial charge in [-0.15, -0.1) is 0 Å². The molecule has 4 rings (SSSR count). The predicted molar refractivity (Wildman–Crippen MR) is 99.2 cm³/mol. The zero-order valence-corrected chi connectivity index (χ0v) is 15.6. The second kappa shape index (κ2) is 6.33. The van der Waals surface area contributed by atoms with E-state index in [-0.39, 0.29) is 23.2 Å². The van der Waals surface area contributed by atoms with E-state index in [1.165, 1.54) is 12.1 Å². The van der Waals surface area contributed by atoms with E-state index in [1.807, 2.05) is 11.6 Å². The van der Waals surface area contributed by atoms with Gasteiger partial charge < -0.3 is 5.32 Å². The Labute approximate surface area is 156 Å². The fourth-order valence-corrected chi connectivity index (χ4v) is 3.79. The zero-order valence-electron chi connectivity index (χ0n) is 15.6. The maximum Gasteiger partial charge on any atom is 0.255 e. The minimum Gasteiger partial charge on any atom is -0.345 e. The summed E-state index contributed by atoms with van der Waals surface area (Å²) in [4.78, 5) is 12.7. The summed E-state index contributed by atoms with van der Waals surface area (Å²) in [6.45, 7) is 6.19. The van der Waals surface area contributed by atoms with E-state index >= 15 is 0 Å². The number of fused-ring (bicyclic) bond motifs is 1. The molecule has 0 spiro atoms. The van der Waals surface area contributed by atoms with Crippen molar-refractivity contribution in [2.24, 2.45) is 5.41 Å². The number of rotatable bonds is 3. The lowest BCUT2D eigenvalue weighted by atomic mass is 9.74. The Morgan fingerprint density at radius 2 is 2.04 bits per heavy atom. The van der Waals surface area contributed by atoms with Crippen LogP contribution < -0.4 is 5.32 Å². The molecule has 27 heavy (non-hydrogen) atoms. The number of carbonyl (C=O) groups excluding carboxylic acids is 1. The Morgan fingerprint density at radius 1 is 1.30 bits per heavy atom. The highest BCUT2D eigenvalue weighted by Gasteiger charge is 2.36. The number of hydrogen-bond donors (Lipinski definition) is 2. The number of halogens is 1. The molecule has 0 saturated carbocycles. The second-order valence-electron chi connectivity index (χ2n) is 7.91. The number of benzene rings is 1. The molecular formula is C20H22FN5O. The van der Waals surface area contributed by atoms with Crippen molar-refractivity contribution in [2.75, 3.05) is 0 Å². The maximum absolute atomic E-state index is 13.3. The van der Waals surface area contributed by atoms with E-state index < -0.39 is 0 Å². The summed E-state index contributed by atoms with van der Waals surface area (Å²) in [6, 6.07) is 6.15. The van der Waals surface area contributed by atoms with Crippen LogP contribution in [0.2, 0.25) is 0 Å². The first-order valence-electron chi connectivity index (χ1n) is 8.98. The molecule has 1 amide bonds. The van der Waals surface area contributed by atoms with Crippen molar-refractivity contribution in [3.63, 3.8) is 0 Å². The van der Waals surface area contributed by atoms with Gasteiger partial charge in [-0.25, -0.2) is 9.07 Å². The van der Waals surface area contributed by atoms with Gasteiger partial charge in [-0.1, -0.05) is 13.8 Å². The summed E-state index contributed by atoms with van der Waals surface area (Å²) in [5.74, 6) is -0.426. The Morgan fingerprint density at radius 3 is 2.70 bits per heavy atom. The van der Waals surface area contributed by atoms with Gasteiger partial charge in [0, 0.05) is 11.3 Å². The molecule has 7 heteroatoms. The second-order valence-corrected chi connectivity index (χ2v) is 7.91. The van der Waals surface area contributed by atoms with Gasteiger partial charge in [-0.05, 0) is 49.4 Å². The number of hydrogen-bond acceptors (Lipinski definition) is 3. The van der Waals surface area contributed by atoms with Gasteiger partial charge in [-0.2, -0.15) is 10.2 Å².